The van der Waals surface area contributed by atoms with E-state index in [-0.39, 0.29) is 6.61 Å². The van der Waals surface area contributed by atoms with Gasteiger partial charge in [-0.2, -0.15) is 0 Å². The quantitative estimate of drug-likeness (QED) is 0.667. The minimum atomic E-state index is -0.430. The summed E-state index contributed by atoms with van der Waals surface area (Å²) in [6, 6.07) is 10.6. The maximum absolute atomic E-state index is 10.5. The SMILES string of the molecule is CCC(NCCOCC(N)=O)c1ccccc1. The Morgan fingerprint density at radius 2 is 2.12 bits per heavy atom. The van der Waals surface area contributed by atoms with Gasteiger partial charge in [-0.05, 0) is 12.0 Å². The van der Waals surface area contributed by atoms with Crippen molar-refractivity contribution in [2.45, 2.75) is 19.4 Å². The van der Waals surface area contributed by atoms with E-state index in [0.717, 1.165) is 6.42 Å². The van der Waals surface area contributed by atoms with Crippen LogP contribution in [-0.4, -0.2) is 25.7 Å². The van der Waals surface area contributed by atoms with Gasteiger partial charge < -0.3 is 15.8 Å². The average Bonchev–Trinajstić information content (AvgIpc) is 2.34. The van der Waals surface area contributed by atoms with Crippen LogP contribution >= 0.6 is 0 Å². The van der Waals surface area contributed by atoms with E-state index in [1.54, 1.807) is 0 Å². The molecule has 0 saturated carbocycles. The zero-order valence-electron chi connectivity index (χ0n) is 10.2. The van der Waals surface area contributed by atoms with Crippen molar-refractivity contribution in [3.05, 3.63) is 35.9 Å². The molecule has 0 heterocycles. The average molecular weight is 236 g/mol. The van der Waals surface area contributed by atoms with Crippen molar-refractivity contribution in [1.82, 2.24) is 5.32 Å². The molecule has 0 aromatic heterocycles. The Hall–Kier alpha value is -1.39. The van der Waals surface area contributed by atoms with Crippen LogP contribution < -0.4 is 11.1 Å². The predicted octanol–water partition coefficient (Wildman–Crippen LogP) is 1.23. The van der Waals surface area contributed by atoms with Crippen LogP contribution in [0.5, 0.6) is 0 Å². The molecule has 1 unspecified atom stereocenters. The van der Waals surface area contributed by atoms with Crippen molar-refractivity contribution in [3.8, 4) is 0 Å². The third-order valence-electron chi connectivity index (χ3n) is 2.49. The van der Waals surface area contributed by atoms with E-state index < -0.39 is 5.91 Å². The number of hydrogen-bond donors (Lipinski definition) is 2. The van der Waals surface area contributed by atoms with Crippen molar-refractivity contribution in [2.24, 2.45) is 5.73 Å². The third kappa shape index (κ3) is 5.47. The van der Waals surface area contributed by atoms with Crippen LogP contribution in [-0.2, 0) is 9.53 Å². The summed E-state index contributed by atoms with van der Waals surface area (Å²) in [4.78, 5) is 10.5. The Balaban J connectivity index is 2.26. The Kier molecular flexibility index (Phi) is 6.29. The number of benzene rings is 1. The monoisotopic (exact) mass is 236 g/mol. The van der Waals surface area contributed by atoms with Crippen LogP contribution in [0.2, 0.25) is 0 Å². The highest BCUT2D eigenvalue weighted by Crippen LogP contribution is 2.15. The van der Waals surface area contributed by atoms with Crippen molar-refractivity contribution in [3.63, 3.8) is 0 Å². The number of amides is 1. The third-order valence-corrected chi connectivity index (χ3v) is 2.49. The molecule has 4 heteroatoms. The summed E-state index contributed by atoms with van der Waals surface area (Å²) in [5.74, 6) is -0.430. The maximum atomic E-state index is 10.5. The summed E-state index contributed by atoms with van der Waals surface area (Å²) in [5.41, 5.74) is 6.24. The van der Waals surface area contributed by atoms with E-state index in [1.165, 1.54) is 5.56 Å². The van der Waals surface area contributed by atoms with E-state index in [0.29, 0.717) is 19.2 Å². The molecule has 0 saturated heterocycles. The first-order valence-electron chi connectivity index (χ1n) is 5.88. The second-order valence-corrected chi connectivity index (χ2v) is 3.84. The number of nitrogens with two attached hydrogens (primary N) is 1. The molecule has 3 N–H and O–H groups in total. The van der Waals surface area contributed by atoms with E-state index in [1.807, 2.05) is 18.2 Å². The molecule has 0 aliphatic heterocycles. The highest BCUT2D eigenvalue weighted by Gasteiger charge is 2.06. The van der Waals surface area contributed by atoms with Crippen molar-refractivity contribution in [1.29, 1.82) is 0 Å². The van der Waals surface area contributed by atoms with Crippen LogP contribution in [0.4, 0.5) is 0 Å². The highest BCUT2D eigenvalue weighted by atomic mass is 16.5. The highest BCUT2D eigenvalue weighted by molar-refractivity contribution is 5.74. The zero-order valence-corrected chi connectivity index (χ0v) is 10.2. The molecule has 0 aliphatic carbocycles. The van der Waals surface area contributed by atoms with Gasteiger partial charge in [0.25, 0.3) is 0 Å². The molecule has 0 fully saturated rings. The van der Waals surface area contributed by atoms with Gasteiger partial charge in [-0.3, -0.25) is 4.79 Å². The molecule has 17 heavy (non-hydrogen) atoms. The van der Waals surface area contributed by atoms with Crippen molar-refractivity contribution < 1.29 is 9.53 Å². The van der Waals surface area contributed by atoms with E-state index >= 15 is 0 Å². The fourth-order valence-corrected chi connectivity index (χ4v) is 1.66. The van der Waals surface area contributed by atoms with Crippen molar-refractivity contribution >= 4 is 5.91 Å². The topological polar surface area (TPSA) is 64.3 Å². The molecular formula is C13H20N2O2. The van der Waals surface area contributed by atoms with Gasteiger partial charge in [0, 0.05) is 12.6 Å². The van der Waals surface area contributed by atoms with Gasteiger partial charge in [-0.1, -0.05) is 37.3 Å². The molecule has 1 atom stereocenters. The Morgan fingerprint density at radius 1 is 1.41 bits per heavy atom. The molecule has 94 valence electrons. The van der Waals surface area contributed by atoms with E-state index in [2.05, 4.69) is 24.4 Å². The van der Waals surface area contributed by atoms with Crippen LogP contribution in [0.3, 0.4) is 0 Å². The van der Waals surface area contributed by atoms with Gasteiger partial charge in [-0.15, -0.1) is 0 Å². The number of hydrogen-bond acceptors (Lipinski definition) is 3. The first kappa shape index (κ1) is 13.7. The van der Waals surface area contributed by atoms with Crippen LogP contribution in [0.25, 0.3) is 0 Å². The largest absolute Gasteiger partial charge is 0.370 e. The lowest BCUT2D eigenvalue weighted by atomic mass is 10.1. The number of carbonyl (C=O) groups is 1. The number of primary amides is 1. The fraction of sp³-hybridized carbons (Fsp3) is 0.462. The number of carbonyl (C=O) groups excluding carboxylic acids is 1. The van der Waals surface area contributed by atoms with E-state index in [4.69, 9.17) is 10.5 Å². The lowest BCUT2D eigenvalue weighted by Gasteiger charge is -2.17. The Bertz CT molecular complexity index is 327. The molecule has 1 aromatic rings. The van der Waals surface area contributed by atoms with Gasteiger partial charge in [-0.25, -0.2) is 0 Å². The van der Waals surface area contributed by atoms with Gasteiger partial charge in [0.1, 0.15) is 6.61 Å². The van der Waals surface area contributed by atoms with Gasteiger partial charge >= 0.3 is 0 Å². The maximum Gasteiger partial charge on any atom is 0.243 e. The normalized spacial score (nSPS) is 12.3. The smallest absolute Gasteiger partial charge is 0.243 e. The second-order valence-electron chi connectivity index (χ2n) is 3.84. The summed E-state index contributed by atoms with van der Waals surface area (Å²) in [6.45, 7) is 3.33. The minimum absolute atomic E-state index is 0.0101. The molecule has 0 aliphatic rings. The predicted molar refractivity (Wildman–Crippen MR) is 67.5 cm³/mol. The molecule has 4 nitrogen and oxygen atoms in total. The minimum Gasteiger partial charge on any atom is -0.370 e. The molecule has 1 rings (SSSR count). The summed E-state index contributed by atoms with van der Waals surface area (Å²) >= 11 is 0. The van der Waals surface area contributed by atoms with E-state index in [9.17, 15) is 4.79 Å². The lowest BCUT2D eigenvalue weighted by molar-refractivity contribution is -0.122. The Morgan fingerprint density at radius 3 is 2.71 bits per heavy atom. The zero-order chi connectivity index (χ0) is 12.5. The Labute approximate surface area is 102 Å². The summed E-state index contributed by atoms with van der Waals surface area (Å²) in [7, 11) is 0. The first-order valence-corrected chi connectivity index (χ1v) is 5.88. The molecule has 0 radical (unpaired) electrons. The van der Waals surface area contributed by atoms with Crippen LogP contribution in [0.15, 0.2) is 30.3 Å². The van der Waals surface area contributed by atoms with Crippen LogP contribution in [0, 0.1) is 0 Å². The van der Waals surface area contributed by atoms with Crippen molar-refractivity contribution in [2.75, 3.05) is 19.8 Å². The van der Waals surface area contributed by atoms with Gasteiger partial charge in [0.15, 0.2) is 0 Å². The number of nitrogens with one attached hydrogen (secondary N) is 1. The van der Waals surface area contributed by atoms with Crippen LogP contribution in [0.1, 0.15) is 24.9 Å². The standard InChI is InChI=1S/C13H20N2O2/c1-2-12(11-6-4-3-5-7-11)15-8-9-17-10-13(14)16/h3-7,12,15H,2,8-10H2,1H3,(H2,14,16). The summed E-state index contributed by atoms with van der Waals surface area (Å²) in [5, 5.41) is 3.38. The number of rotatable bonds is 8. The molecule has 0 bridgehead atoms. The second kappa shape index (κ2) is 7.81. The molecular weight excluding hydrogens is 216 g/mol. The molecule has 0 spiro atoms. The molecule has 1 amide bonds. The summed E-state index contributed by atoms with van der Waals surface area (Å²) < 4.78 is 5.09. The lowest BCUT2D eigenvalue weighted by Crippen LogP contribution is -2.27. The van der Waals surface area contributed by atoms with Gasteiger partial charge in [0.05, 0.1) is 6.61 Å². The fourth-order valence-electron chi connectivity index (χ4n) is 1.66. The molecule has 1 aromatic carbocycles. The number of ether oxygens (including phenoxy) is 1. The summed E-state index contributed by atoms with van der Waals surface area (Å²) in [6.07, 6.45) is 1.01. The van der Waals surface area contributed by atoms with Gasteiger partial charge in [0.2, 0.25) is 5.91 Å². The first-order chi connectivity index (χ1) is 8.24.